The number of hydrogen-bond acceptors (Lipinski definition) is 11. The lowest BCUT2D eigenvalue weighted by molar-refractivity contribution is -0.159. The summed E-state index contributed by atoms with van der Waals surface area (Å²) < 4.78 is 28.4. The van der Waals surface area contributed by atoms with Crippen molar-refractivity contribution in [2.45, 2.75) is 75.8 Å². The number of epoxide rings is 1. The topological polar surface area (TPSA) is 171 Å². The highest BCUT2D eigenvalue weighted by Gasteiger charge is 2.64. The van der Waals surface area contributed by atoms with E-state index < -0.39 is 66.2 Å². The van der Waals surface area contributed by atoms with Gasteiger partial charge in [0.1, 0.15) is 34.7 Å². The lowest BCUT2D eigenvalue weighted by atomic mass is 9.83. The number of amides is 2. The van der Waals surface area contributed by atoms with E-state index in [4.69, 9.17) is 41.2 Å². The Morgan fingerprint density at radius 1 is 1.30 bits per heavy atom. The zero-order chi connectivity index (χ0) is 32.4. The van der Waals surface area contributed by atoms with Gasteiger partial charge in [0.25, 0.3) is 0 Å². The molecular formula is C30H40ClN3O10. The summed E-state index contributed by atoms with van der Waals surface area (Å²) in [4.78, 5) is 44.7. The fraction of sp³-hybridized carbons (Fsp3) is 0.567. The van der Waals surface area contributed by atoms with Crippen molar-refractivity contribution in [1.82, 2.24) is 5.32 Å². The molecule has 7 unspecified atom stereocenters. The number of allylic oxidation sites excluding steroid dienone is 3. The van der Waals surface area contributed by atoms with E-state index in [9.17, 15) is 19.5 Å². The maximum atomic E-state index is 13.7. The molecule has 2 saturated heterocycles. The second kappa shape index (κ2) is 13.4. The number of hydrogen-bond donors (Lipinski definition) is 3. The van der Waals surface area contributed by atoms with E-state index in [0.717, 1.165) is 11.1 Å². The molecule has 4 N–H and O–H groups in total. The van der Waals surface area contributed by atoms with Crippen LogP contribution < -0.4 is 20.9 Å². The third-order valence-corrected chi connectivity index (χ3v) is 8.81. The number of methoxy groups -OCH3 is 2. The number of anilines is 1. The number of nitrogens with two attached hydrogens (primary N) is 1. The Kier molecular flexibility index (Phi) is 10.3. The molecule has 3 aliphatic rings. The average molecular weight is 638 g/mol. The molecule has 2 amide bonds. The number of rotatable bonds is 5. The molecule has 13 nitrogen and oxygen atoms in total. The summed E-state index contributed by atoms with van der Waals surface area (Å²) in [7, 11) is 4.48. The molecular weight excluding hydrogens is 598 g/mol. The Morgan fingerprint density at radius 2 is 2.02 bits per heavy atom. The molecule has 3 aliphatic heterocycles. The first-order valence-corrected chi connectivity index (χ1v) is 14.5. The van der Waals surface area contributed by atoms with Crippen LogP contribution in [0.15, 0.2) is 35.9 Å². The van der Waals surface area contributed by atoms with Crippen molar-refractivity contribution >= 4 is 35.3 Å². The number of alkyl carbamates (subject to hydrolysis) is 1. The van der Waals surface area contributed by atoms with Crippen molar-refractivity contribution in [2.75, 3.05) is 32.8 Å². The number of benzene rings is 1. The van der Waals surface area contributed by atoms with Crippen LogP contribution in [0.25, 0.3) is 0 Å². The van der Waals surface area contributed by atoms with Crippen LogP contribution in [0.3, 0.4) is 0 Å². The monoisotopic (exact) mass is 637 g/mol. The predicted molar refractivity (Wildman–Crippen MR) is 159 cm³/mol. The highest BCUT2D eigenvalue weighted by atomic mass is 35.5. The smallest absolute Gasteiger partial charge is 0.409 e. The molecule has 0 spiro atoms. The van der Waals surface area contributed by atoms with E-state index in [1.807, 2.05) is 13.0 Å². The molecule has 0 radical (unpaired) electrons. The van der Waals surface area contributed by atoms with Crippen LogP contribution in [0.1, 0.15) is 39.2 Å². The zero-order valence-electron chi connectivity index (χ0n) is 25.6. The van der Waals surface area contributed by atoms with Crippen molar-refractivity contribution in [1.29, 1.82) is 0 Å². The molecule has 0 saturated carbocycles. The van der Waals surface area contributed by atoms with Gasteiger partial charge in [0, 0.05) is 26.5 Å². The maximum absolute atomic E-state index is 13.7. The maximum Gasteiger partial charge on any atom is 0.409 e. The van der Waals surface area contributed by atoms with E-state index in [1.165, 1.54) is 19.1 Å². The number of aliphatic hydroxyl groups is 1. The summed E-state index contributed by atoms with van der Waals surface area (Å²) in [6, 6.07) is 3.58. The number of fused-ring (bicyclic) bond motifs is 5. The van der Waals surface area contributed by atoms with Gasteiger partial charge in [-0.15, -0.1) is 0 Å². The van der Waals surface area contributed by atoms with Crippen molar-refractivity contribution in [3.63, 3.8) is 0 Å². The van der Waals surface area contributed by atoms with E-state index in [0.29, 0.717) is 17.9 Å². The molecule has 3 heterocycles. The summed E-state index contributed by atoms with van der Waals surface area (Å²) in [6.45, 7) is 4.87. The molecule has 0 aliphatic carbocycles. The number of carbonyl (C=O) groups excluding carboxylic acids is 3. The summed E-state index contributed by atoms with van der Waals surface area (Å²) in [5.41, 5.74) is -0.785. The molecule has 242 valence electrons. The van der Waals surface area contributed by atoms with Gasteiger partial charge in [0.05, 0.1) is 25.3 Å². The van der Waals surface area contributed by atoms with Crippen LogP contribution in [-0.2, 0) is 39.8 Å². The van der Waals surface area contributed by atoms with Crippen LogP contribution in [0.4, 0.5) is 10.5 Å². The number of carbonyl (C=O) groups is 3. The number of halogens is 1. The molecule has 4 rings (SSSR count). The van der Waals surface area contributed by atoms with Crippen LogP contribution >= 0.6 is 11.6 Å². The number of esters is 1. The number of nitrogens with one attached hydrogen (secondary N) is 1. The van der Waals surface area contributed by atoms with Crippen molar-refractivity contribution in [3.8, 4) is 5.75 Å². The highest BCUT2D eigenvalue weighted by molar-refractivity contribution is 6.35. The number of nitrogens with zero attached hydrogens (tertiary/aromatic N) is 1. The van der Waals surface area contributed by atoms with Gasteiger partial charge in [0.15, 0.2) is 12.3 Å². The highest BCUT2D eigenvalue weighted by Crippen LogP contribution is 2.49. The molecule has 2 fully saturated rings. The summed E-state index contributed by atoms with van der Waals surface area (Å²) >= 11 is 6.65. The standard InChI is InChI=1S/C30H40ClN3O10/c1-16-8-7-9-22(40-6)30(38)14-21(42-28(37)33-30)17(2)27-29(3,44-27)23(43-25(36)15-41-32)13-24(35)34(4)19-11-18(10-16)12-20(39-5)26(19)31/h7-9,11-12,17,21-23,27,38H,10,13-15,32H2,1-6H3,(H,33,37)/b9-7+,16-8+. The summed E-state index contributed by atoms with van der Waals surface area (Å²) in [5, 5.41) is 14.3. The molecule has 0 aromatic heterocycles. The summed E-state index contributed by atoms with van der Waals surface area (Å²) in [6.07, 6.45) is 1.18. The van der Waals surface area contributed by atoms with Gasteiger partial charge < -0.3 is 33.7 Å². The molecule has 44 heavy (non-hydrogen) atoms. The van der Waals surface area contributed by atoms with Gasteiger partial charge in [-0.25, -0.2) is 15.5 Å². The van der Waals surface area contributed by atoms with Gasteiger partial charge in [-0.05, 0) is 38.0 Å². The molecule has 14 heteroatoms. The minimum Gasteiger partial charge on any atom is -0.495 e. The fourth-order valence-corrected chi connectivity index (χ4v) is 6.18. The Morgan fingerprint density at radius 3 is 2.68 bits per heavy atom. The van der Waals surface area contributed by atoms with E-state index in [-0.39, 0.29) is 17.9 Å². The number of ether oxygens (including phenoxy) is 5. The Bertz CT molecular complexity index is 1340. The van der Waals surface area contributed by atoms with Crippen LogP contribution in [-0.4, -0.2) is 86.7 Å². The zero-order valence-corrected chi connectivity index (χ0v) is 26.4. The normalized spacial score (nSPS) is 34.5. The Balaban J connectivity index is 1.79. The second-order valence-electron chi connectivity index (χ2n) is 11.6. The first-order valence-electron chi connectivity index (χ1n) is 14.2. The predicted octanol–water partition coefficient (Wildman–Crippen LogP) is 2.56. The van der Waals surface area contributed by atoms with Gasteiger partial charge in [0.2, 0.25) is 5.91 Å². The van der Waals surface area contributed by atoms with Gasteiger partial charge in [-0.1, -0.05) is 42.3 Å². The lowest BCUT2D eigenvalue weighted by Gasteiger charge is -2.42. The molecule has 4 bridgehead atoms. The fourth-order valence-electron chi connectivity index (χ4n) is 5.87. The van der Waals surface area contributed by atoms with Crippen LogP contribution in [0.2, 0.25) is 5.02 Å². The van der Waals surface area contributed by atoms with Crippen molar-refractivity contribution < 1.29 is 48.0 Å². The van der Waals surface area contributed by atoms with E-state index >= 15 is 0 Å². The minimum absolute atomic E-state index is 0.0291. The van der Waals surface area contributed by atoms with Gasteiger partial charge in [-0.3, -0.25) is 14.9 Å². The summed E-state index contributed by atoms with van der Waals surface area (Å²) in [5.74, 6) is 3.76. The third-order valence-electron chi connectivity index (χ3n) is 8.43. The van der Waals surface area contributed by atoms with Crippen molar-refractivity contribution in [2.24, 2.45) is 11.8 Å². The second-order valence-corrected chi connectivity index (χ2v) is 12.0. The Labute approximate surface area is 261 Å². The largest absolute Gasteiger partial charge is 0.495 e. The first-order chi connectivity index (χ1) is 20.8. The van der Waals surface area contributed by atoms with E-state index in [1.54, 1.807) is 45.2 Å². The van der Waals surface area contributed by atoms with Gasteiger partial charge in [-0.2, -0.15) is 0 Å². The molecule has 1 aromatic carbocycles. The Hall–Kier alpha value is -3.20. The quantitative estimate of drug-likeness (QED) is 0.246. The minimum atomic E-state index is -1.79. The average Bonchev–Trinajstić information content (AvgIpc) is 3.66. The first kappa shape index (κ1) is 33.7. The lowest BCUT2D eigenvalue weighted by Crippen LogP contribution is -2.63. The SMILES string of the molecule is COc1cc2cc(c1Cl)N(C)C(=O)CC(OC(=O)CON)C1(C)OC1C(C)C1CC(O)(NC(=O)O1)C(OC)/C=C/C=C(\C)C2. The van der Waals surface area contributed by atoms with Crippen molar-refractivity contribution in [3.05, 3.63) is 46.5 Å². The van der Waals surface area contributed by atoms with Crippen LogP contribution in [0, 0.1) is 5.92 Å². The third kappa shape index (κ3) is 7.03. The molecule has 7 atom stereocenters. The van der Waals surface area contributed by atoms with E-state index in [2.05, 4.69) is 10.2 Å². The molecule has 1 aromatic rings. The van der Waals surface area contributed by atoms with Gasteiger partial charge >= 0.3 is 12.1 Å². The van der Waals surface area contributed by atoms with Crippen LogP contribution in [0.5, 0.6) is 5.75 Å².